The quantitative estimate of drug-likeness (QED) is 0.768. The largest absolute Gasteiger partial charge is 0.149 e. The summed E-state index contributed by atoms with van der Waals surface area (Å²) >= 11 is 19.0. The highest BCUT2D eigenvalue weighted by atomic mass is 35.5. The second kappa shape index (κ2) is 4.66. The van der Waals surface area contributed by atoms with Gasteiger partial charge in [0.15, 0.2) is 0 Å². The van der Waals surface area contributed by atoms with Gasteiger partial charge in [0.2, 0.25) is 0 Å². The molecule has 0 saturated heterocycles. The van der Waals surface area contributed by atoms with Crippen molar-refractivity contribution < 1.29 is 0 Å². The molecule has 15 heavy (non-hydrogen) atoms. The Kier molecular flexibility index (Phi) is 3.46. The van der Waals surface area contributed by atoms with Gasteiger partial charge in [-0.05, 0) is 6.07 Å². The van der Waals surface area contributed by atoms with E-state index in [1.54, 1.807) is 6.07 Å². The Morgan fingerprint density at radius 3 is 2.67 bits per heavy atom. The molecule has 0 bridgehead atoms. The summed E-state index contributed by atoms with van der Waals surface area (Å²) in [5.74, 6) is 0.357. The molecule has 2 nitrogen and oxygen atoms in total. The average molecular weight is 280 g/mol. The molecule has 0 atom stereocenters. The number of hydrogen-bond donors (Lipinski definition) is 0. The van der Waals surface area contributed by atoms with Crippen molar-refractivity contribution in [2.24, 2.45) is 0 Å². The summed E-state index contributed by atoms with van der Waals surface area (Å²) in [7, 11) is 0. The van der Waals surface area contributed by atoms with Gasteiger partial charge in [0.05, 0.1) is 15.9 Å². The maximum atomic E-state index is 6.05. The smallest absolute Gasteiger partial charge is 0.142 e. The molecule has 6 heteroatoms. The topological polar surface area (TPSA) is 25.8 Å². The van der Waals surface area contributed by atoms with Crippen LogP contribution in [0.2, 0.25) is 10.0 Å². The first-order valence-electron chi connectivity index (χ1n) is 4.05. The number of nitrogens with zero attached hydrogens (tertiary/aromatic N) is 2. The Labute approximate surface area is 106 Å². The van der Waals surface area contributed by atoms with Crippen LogP contribution in [0.5, 0.6) is 0 Å². The van der Waals surface area contributed by atoms with Crippen molar-refractivity contribution in [3.63, 3.8) is 0 Å². The van der Waals surface area contributed by atoms with E-state index < -0.39 is 0 Å². The van der Waals surface area contributed by atoms with Crippen LogP contribution >= 0.6 is 46.1 Å². The standard InChI is InChI=1S/C9H5Cl3N2S/c10-4-7-13-14-9(15-7)5-2-1-3-6(11)8(5)12/h1-3H,4H2. The van der Waals surface area contributed by atoms with Crippen LogP contribution in [-0.2, 0) is 5.88 Å². The second-order valence-electron chi connectivity index (χ2n) is 2.74. The van der Waals surface area contributed by atoms with E-state index in [2.05, 4.69) is 10.2 Å². The maximum Gasteiger partial charge on any atom is 0.149 e. The second-order valence-corrected chi connectivity index (χ2v) is 4.85. The molecule has 1 aromatic heterocycles. The summed E-state index contributed by atoms with van der Waals surface area (Å²) in [6.07, 6.45) is 0. The van der Waals surface area contributed by atoms with E-state index in [4.69, 9.17) is 34.8 Å². The van der Waals surface area contributed by atoms with Crippen molar-refractivity contribution in [2.45, 2.75) is 5.88 Å². The van der Waals surface area contributed by atoms with Gasteiger partial charge < -0.3 is 0 Å². The third kappa shape index (κ3) is 2.26. The number of hydrogen-bond acceptors (Lipinski definition) is 3. The molecule has 0 saturated carbocycles. The molecule has 78 valence electrons. The van der Waals surface area contributed by atoms with Crippen LogP contribution in [0.1, 0.15) is 5.01 Å². The van der Waals surface area contributed by atoms with Crippen LogP contribution < -0.4 is 0 Å². The molecule has 0 aliphatic heterocycles. The fourth-order valence-corrected chi connectivity index (χ4v) is 2.47. The fraction of sp³-hybridized carbons (Fsp3) is 0.111. The molecule has 1 heterocycles. The third-order valence-electron chi connectivity index (χ3n) is 1.76. The van der Waals surface area contributed by atoms with E-state index in [-0.39, 0.29) is 0 Å². The molecule has 2 rings (SSSR count). The van der Waals surface area contributed by atoms with Crippen molar-refractivity contribution in [3.05, 3.63) is 33.3 Å². The normalized spacial score (nSPS) is 10.6. The number of rotatable bonds is 2. The van der Waals surface area contributed by atoms with Gasteiger partial charge >= 0.3 is 0 Å². The molecule has 0 radical (unpaired) electrons. The summed E-state index contributed by atoms with van der Waals surface area (Å²) in [5.41, 5.74) is 0.790. The van der Waals surface area contributed by atoms with E-state index in [1.165, 1.54) is 11.3 Å². The molecular weight excluding hydrogens is 275 g/mol. The molecule has 0 unspecified atom stereocenters. The van der Waals surface area contributed by atoms with E-state index in [0.717, 1.165) is 15.6 Å². The van der Waals surface area contributed by atoms with E-state index >= 15 is 0 Å². The summed E-state index contributed by atoms with van der Waals surface area (Å²) in [4.78, 5) is 0. The van der Waals surface area contributed by atoms with Gasteiger partial charge in [-0.15, -0.1) is 21.8 Å². The lowest BCUT2D eigenvalue weighted by atomic mass is 10.2. The van der Waals surface area contributed by atoms with Crippen LogP contribution in [-0.4, -0.2) is 10.2 Å². The van der Waals surface area contributed by atoms with Crippen molar-refractivity contribution in [1.82, 2.24) is 10.2 Å². The van der Waals surface area contributed by atoms with E-state index in [9.17, 15) is 0 Å². The molecule has 1 aromatic carbocycles. The molecule has 0 spiro atoms. The number of halogens is 3. The minimum Gasteiger partial charge on any atom is -0.142 e. The Morgan fingerprint density at radius 2 is 2.00 bits per heavy atom. The monoisotopic (exact) mass is 278 g/mol. The minimum absolute atomic E-state index is 0.357. The predicted molar refractivity (Wildman–Crippen MR) is 64.9 cm³/mol. The molecule has 0 aliphatic carbocycles. The van der Waals surface area contributed by atoms with Crippen molar-refractivity contribution >= 4 is 46.1 Å². The van der Waals surface area contributed by atoms with Crippen LogP contribution in [0.4, 0.5) is 0 Å². The summed E-state index contributed by atoms with van der Waals surface area (Å²) in [5, 5.41) is 10.4. The zero-order valence-corrected chi connectivity index (χ0v) is 10.5. The first-order valence-corrected chi connectivity index (χ1v) is 6.16. The van der Waals surface area contributed by atoms with Crippen LogP contribution in [0.15, 0.2) is 18.2 Å². The molecule has 0 amide bonds. The van der Waals surface area contributed by atoms with Crippen molar-refractivity contribution in [3.8, 4) is 10.6 Å². The lowest BCUT2D eigenvalue weighted by Crippen LogP contribution is -1.79. The Morgan fingerprint density at radius 1 is 1.20 bits per heavy atom. The summed E-state index contributed by atoms with van der Waals surface area (Å²) < 4.78 is 0. The fourth-order valence-electron chi connectivity index (χ4n) is 1.09. The maximum absolute atomic E-state index is 6.05. The number of alkyl halides is 1. The summed E-state index contributed by atoms with van der Waals surface area (Å²) in [6.45, 7) is 0. The van der Waals surface area contributed by atoms with Crippen molar-refractivity contribution in [2.75, 3.05) is 0 Å². The Bertz CT molecular complexity index is 484. The van der Waals surface area contributed by atoms with Gasteiger partial charge in [0, 0.05) is 5.56 Å². The van der Waals surface area contributed by atoms with Gasteiger partial charge in [-0.2, -0.15) is 0 Å². The molecule has 0 aliphatic rings. The van der Waals surface area contributed by atoms with E-state index in [1.807, 2.05) is 12.1 Å². The minimum atomic E-state index is 0.357. The lowest BCUT2D eigenvalue weighted by molar-refractivity contribution is 1.04. The molecule has 0 N–H and O–H groups in total. The van der Waals surface area contributed by atoms with Crippen molar-refractivity contribution in [1.29, 1.82) is 0 Å². The third-order valence-corrected chi connectivity index (χ3v) is 3.95. The van der Waals surface area contributed by atoms with Gasteiger partial charge in [0.1, 0.15) is 10.0 Å². The Hall–Kier alpha value is -0.350. The molecule has 2 aromatic rings. The molecule has 0 fully saturated rings. The predicted octanol–water partition coefficient (Wildman–Crippen LogP) is 4.25. The van der Waals surface area contributed by atoms with Crippen LogP contribution in [0.3, 0.4) is 0 Å². The van der Waals surface area contributed by atoms with Gasteiger partial charge in [0.25, 0.3) is 0 Å². The van der Waals surface area contributed by atoms with Gasteiger partial charge in [-0.25, -0.2) is 0 Å². The lowest BCUT2D eigenvalue weighted by Gasteiger charge is -2.00. The zero-order valence-electron chi connectivity index (χ0n) is 7.38. The first-order chi connectivity index (χ1) is 7.22. The number of benzene rings is 1. The highest BCUT2D eigenvalue weighted by Crippen LogP contribution is 2.34. The number of aromatic nitrogens is 2. The SMILES string of the molecule is ClCc1nnc(-c2cccc(Cl)c2Cl)s1. The highest BCUT2D eigenvalue weighted by Gasteiger charge is 2.11. The van der Waals surface area contributed by atoms with Gasteiger partial charge in [-0.1, -0.05) is 46.7 Å². The van der Waals surface area contributed by atoms with Crippen LogP contribution in [0.25, 0.3) is 10.6 Å². The van der Waals surface area contributed by atoms with Gasteiger partial charge in [-0.3, -0.25) is 0 Å². The molecular formula is C9H5Cl3N2S. The Balaban J connectivity index is 2.49. The summed E-state index contributed by atoms with van der Waals surface area (Å²) in [6, 6.07) is 5.41. The zero-order chi connectivity index (χ0) is 10.8. The van der Waals surface area contributed by atoms with E-state index in [0.29, 0.717) is 15.9 Å². The van der Waals surface area contributed by atoms with Crippen LogP contribution in [0, 0.1) is 0 Å². The average Bonchev–Trinajstić information content (AvgIpc) is 2.70. The first kappa shape index (κ1) is 11.1. The highest BCUT2D eigenvalue weighted by molar-refractivity contribution is 7.14.